The topological polar surface area (TPSA) is 40.1 Å². The Bertz CT molecular complexity index is 1700. The molecule has 3 aromatic heterocycles. The summed E-state index contributed by atoms with van der Waals surface area (Å²) in [7, 11) is 4.07. The first-order valence-electron chi connectivity index (χ1n) is 10.7. The maximum Gasteiger partial charge on any atom is 0.196 e. The zero-order chi connectivity index (χ0) is 21.8. The molecule has 0 saturated heterocycles. The first-order chi connectivity index (χ1) is 15.6. The summed E-state index contributed by atoms with van der Waals surface area (Å²) in [6, 6.07) is 24.0. The predicted molar refractivity (Wildman–Crippen MR) is 130 cm³/mol. The first kappa shape index (κ1) is 18.7. The molecule has 4 heteroatoms. The van der Waals surface area contributed by atoms with Gasteiger partial charge in [0.05, 0.1) is 5.39 Å². The molecule has 3 aromatic carbocycles. The van der Waals surface area contributed by atoms with E-state index in [1.165, 1.54) is 0 Å². The van der Waals surface area contributed by atoms with E-state index in [0.29, 0.717) is 28.7 Å². The van der Waals surface area contributed by atoms with Crippen molar-refractivity contribution in [2.75, 3.05) is 0 Å². The third-order valence-corrected chi connectivity index (χ3v) is 6.38. The SMILES string of the molecule is Cn1cc(Cc2c(-c3cn(C)c4ccccc34)oc3ccccc3c2=O)c2ccccc21. The van der Waals surface area contributed by atoms with E-state index < -0.39 is 0 Å². The molecule has 0 aliphatic heterocycles. The van der Waals surface area contributed by atoms with Gasteiger partial charge in [-0.15, -0.1) is 0 Å². The van der Waals surface area contributed by atoms with E-state index in [4.69, 9.17) is 4.42 Å². The number of nitrogens with zero attached hydrogens (tertiary/aromatic N) is 2. The van der Waals surface area contributed by atoms with Gasteiger partial charge < -0.3 is 13.6 Å². The molecule has 3 heterocycles. The Labute approximate surface area is 184 Å². The lowest BCUT2D eigenvalue weighted by atomic mass is 9.98. The van der Waals surface area contributed by atoms with Crippen LogP contribution in [0, 0.1) is 0 Å². The Hall–Kier alpha value is -4.05. The van der Waals surface area contributed by atoms with Crippen molar-refractivity contribution < 1.29 is 4.42 Å². The molecule has 0 spiro atoms. The van der Waals surface area contributed by atoms with Gasteiger partial charge in [-0.05, 0) is 29.8 Å². The first-order valence-corrected chi connectivity index (χ1v) is 10.7. The quantitative estimate of drug-likeness (QED) is 0.352. The van der Waals surface area contributed by atoms with Crippen LogP contribution in [-0.2, 0) is 20.5 Å². The number of rotatable bonds is 3. The average Bonchev–Trinajstić information content (AvgIpc) is 3.33. The standard InChI is InChI=1S/C28H22N2O2/c1-29-16-18(19-9-3-6-12-24(19)29)15-22-27(31)21-11-5-8-14-26(21)32-28(22)23-17-30(2)25-13-7-4-10-20(23)25/h3-14,16-17H,15H2,1-2H3. The Kier molecular flexibility index (Phi) is 4.08. The molecule has 6 rings (SSSR count). The normalized spacial score (nSPS) is 11.7. The van der Waals surface area contributed by atoms with E-state index in [1.807, 2.05) is 62.6 Å². The lowest BCUT2D eigenvalue weighted by molar-refractivity contribution is 0.612. The number of benzene rings is 3. The van der Waals surface area contributed by atoms with Crippen molar-refractivity contribution in [2.45, 2.75) is 6.42 Å². The molecule has 6 aromatic rings. The monoisotopic (exact) mass is 418 g/mol. The van der Waals surface area contributed by atoms with Crippen molar-refractivity contribution in [1.82, 2.24) is 9.13 Å². The van der Waals surface area contributed by atoms with Gasteiger partial charge in [0.15, 0.2) is 5.43 Å². The van der Waals surface area contributed by atoms with Gasteiger partial charge in [-0.3, -0.25) is 4.79 Å². The molecule has 156 valence electrons. The Morgan fingerprint density at radius 3 is 2.09 bits per heavy atom. The second kappa shape index (κ2) is 6.99. The van der Waals surface area contributed by atoms with Gasteiger partial charge in [0.2, 0.25) is 0 Å². The van der Waals surface area contributed by atoms with Crippen LogP contribution in [0.4, 0.5) is 0 Å². The minimum Gasteiger partial charge on any atom is -0.455 e. The van der Waals surface area contributed by atoms with Gasteiger partial charge in [-0.2, -0.15) is 0 Å². The van der Waals surface area contributed by atoms with E-state index in [-0.39, 0.29) is 5.43 Å². The van der Waals surface area contributed by atoms with E-state index in [0.717, 1.165) is 32.9 Å². The third-order valence-electron chi connectivity index (χ3n) is 6.38. The second-order valence-corrected chi connectivity index (χ2v) is 8.37. The number of hydrogen-bond acceptors (Lipinski definition) is 2. The van der Waals surface area contributed by atoms with Crippen LogP contribution >= 0.6 is 0 Å². The Morgan fingerprint density at radius 2 is 1.31 bits per heavy atom. The number of aryl methyl sites for hydroxylation is 2. The zero-order valence-electron chi connectivity index (χ0n) is 18.0. The number of para-hydroxylation sites is 3. The average molecular weight is 418 g/mol. The van der Waals surface area contributed by atoms with Crippen LogP contribution in [0.15, 0.2) is 94.4 Å². The Balaban J connectivity index is 1.66. The lowest BCUT2D eigenvalue weighted by Crippen LogP contribution is -2.11. The molecule has 0 saturated carbocycles. The molecule has 0 radical (unpaired) electrons. The van der Waals surface area contributed by atoms with Crippen molar-refractivity contribution in [3.05, 3.63) is 107 Å². The van der Waals surface area contributed by atoms with Crippen LogP contribution in [0.25, 0.3) is 44.1 Å². The molecular formula is C28H22N2O2. The molecule has 0 N–H and O–H groups in total. The minimum absolute atomic E-state index is 0.0303. The molecule has 32 heavy (non-hydrogen) atoms. The summed E-state index contributed by atoms with van der Waals surface area (Å²) in [6.07, 6.45) is 4.68. The molecular weight excluding hydrogens is 396 g/mol. The van der Waals surface area contributed by atoms with Gasteiger partial charge >= 0.3 is 0 Å². The maximum absolute atomic E-state index is 13.7. The molecule has 0 aliphatic carbocycles. The molecule has 4 nitrogen and oxygen atoms in total. The van der Waals surface area contributed by atoms with Crippen LogP contribution < -0.4 is 5.43 Å². The highest BCUT2D eigenvalue weighted by Gasteiger charge is 2.21. The largest absolute Gasteiger partial charge is 0.455 e. The van der Waals surface area contributed by atoms with Gasteiger partial charge in [-0.25, -0.2) is 0 Å². The molecule has 0 atom stereocenters. The smallest absolute Gasteiger partial charge is 0.196 e. The fourth-order valence-electron chi connectivity index (χ4n) is 4.84. The molecule has 0 amide bonds. The minimum atomic E-state index is 0.0303. The van der Waals surface area contributed by atoms with Crippen molar-refractivity contribution >= 4 is 32.8 Å². The van der Waals surface area contributed by atoms with Crippen molar-refractivity contribution in [1.29, 1.82) is 0 Å². The van der Waals surface area contributed by atoms with Crippen LogP contribution in [0.3, 0.4) is 0 Å². The highest BCUT2D eigenvalue weighted by Crippen LogP contribution is 2.35. The summed E-state index contributed by atoms with van der Waals surface area (Å²) >= 11 is 0. The molecule has 0 aliphatic rings. The summed E-state index contributed by atoms with van der Waals surface area (Å²) in [6.45, 7) is 0. The molecule has 0 bridgehead atoms. The van der Waals surface area contributed by atoms with E-state index >= 15 is 0 Å². The molecule has 0 unspecified atom stereocenters. The second-order valence-electron chi connectivity index (χ2n) is 8.37. The van der Waals surface area contributed by atoms with Crippen molar-refractivity contribution in [3.8, 4) is 11.3 Å². The van der Waals surface area contributed by atoms with Gasteiger partial charge in [0.1, 0.15) is 11.3 Å². The highest BCUT2D eigenvalue weighted by atomic mass is 16.3. The van der Waals surface area contributed by atoms with Crippen LogP contribution in [-0.4, -0.2) is 9.13 Å². The summed E-state index contributed by atoms with van der Waals surface area (Å²) in [5.41, 5.74) is 5.66. The summed E-state index contributed by atoms with van der Waals surface area (Å²) in [4.78, 5) is 13.7. The maximum atomic E-state index is 13.7. The highest BCUT2D eigenvalue weighted by molar-refractivity contribution is 5.96. The Morgan fingerprint density at radius 1 is 0.719 bits per heavy atom. The lowest BCUT2D eigenvalue weighted by Gasteiger charge is -2.10. The van der Waals surface area contributed by atoms with Gasteiger partial charge in [0.25, 0.3) is 0 Å². The van der Waals surface area contributed by atoms with E-state index in [2.05, 4.69) is 45.8 Å². The number of hydrogen-bond donors (Lipinski definition) is 0. The van der Waals surface area contributed by atoms with Crippen molar-refractivity contribution in [3.63, 3.8) is 0 Å². The summed E-state index contributed by atoms with van der Waals surface area (Å²) < 4.78 is 10.7. The zero-order valence-corrected chi connectivity index (χ0v) is 18.0. The van der Waals surface area contributed by atoms with E-state index in [1.54, 1.807) is 0 Å². The van der Waals surface area contributed by atoms with Crippen LogP contribution in [0.5, 0.6) is 0 Å². The number of aromatic nitrogens is 2. The fraction of sp³-hybridized carbons (Fsp3) is 0.107. The summed E-state index contributed by atoms with van der Waals surface area (Å²) in [5.74, 6) is 0.651. The summed E-state index contributed by atoms with van der Waals surface area (Å²) in [5, 5.41) is 2.85. The third kappa shape index (κ3) is 2.73. The molecule has 0 fully saturated rings. The fourth-order valence-corrected chi connectivity index (χ4v) is 4.84. The van der Waals surface area contributed by atoms with Gasteiger partial charge in [-0.1, -0.05) is 48.5 Å². The van der Waals surface area contributed by atoms with Crippen LogP contribution in [0.1, 0.15) is 11.1 Å². The predicted octanol–water partition coefficient (Wildman–Crippen LogP) is 6.03. The van der Waals surface area contributed by atoms with Crippen molar-refractivity contribution in [2.24, 2.45) is 14.1 Å². The number of fused-ring (bicyclic) bond motifs is 3. The van der Waals surface area contributed by atoms with Crippen LogP contribution in [0.2, 0.25) is 0 Å². The van der Waals surface area contributed by atoms with E-state index in [9.17, 15) is 4.79 Å². The van der Waals surface area contributed by atoms with Gasteiger partial charge in [0, 0.05) is 65.8 Å².